The summed E-state index contributed by atoms with van der Waals surface area (Å²) in [5.74, 6) is -0.101. The second kappa shape index (κ2) is 5.88. The second-order valence-corrected chi connectivity index (χ2v) is 6.15. The van der Waals surface area contributed by atoms with Crippen LogP contribution in [0.4, 0.5) is 5.69 Å². The largest absolute Gasteiger partial charge is 0.322 e. The maximum Gasteiger partial charge on any atom is 0.255 e. The van der Waals surface area contributed by atoms with Gasteiger partial charge in [0.1, 0.15) is 0 Å². The minimum absolute atomic E-state index is 0.101. The van der Waals surface area contributed by atoms with Crippen molar-refractivity contribution in [3.05, 3.63) is 62.0 Å². The number of carbonyl (C=O) groups is 1. The lowest BCUT2D eigenvalue weighted by Gasteiger charge is -2.10. The first-order valence-electron chi connectivity index (χ1n) is 5.81. The summed E-state index contributed by atoms with van der Waals surface area (Å²) in [6, 6.07) is 11.4. The number of amides is 1. The quantitative estimate of drug-likeness (QED) is 0.770. The zero-order valence-electron chi connectivity index (χ0n) is 10.6. The lowest BCUT2D eigenvalue weighted by atomic mass is 10.1. The lowest BCUT2D eigenvalue weighted by molar-refractivity contribution is 0.102. The van der Waals surface area contributed by atoms with Crippen molar-refractivity contribution in [2.45, 2.75) is 13.8 Å². The molecule has 0 aromatic heterocycles. The summed E-state index contributed by atoms with van der Waals surface area (Å²) < 4.78 is 1.89. The van der Waals surface area contributed by atoms with E-state index in [1.54, 1.807) is 0 Å². The van der Waals surface area contributed by atoms with Crippen LogP contribution in [0.2, 0.25) is 0 Å². The van der Waals surface area contributed by atoms with Gasteiger partial charge in [-0.2, -0.15) is 0 Å². The van der Waals surface area contributed by atoms with Crippen molar-refractivity contribution in [3.63, 3.8) is 0 Å². The van der Waals surface area contributed by atoms with Crippen molar-refractivity contribution in [2.24, 2.45) is 0 Å². The van der Waals surface area contributed by atoms with Crippen molar-refractivity contribution >= 4 is 43.5 Å². The van der Waals surface area contributed by atoms with E-state index in [1.807, 2.05) is 50.2 Å². The molecule has 0 aliphatic heterocycles. The molecule has 0 heterocycles. The van der Waals surface area contributed by atoms with Crippen LogP contribution in [0.25, 0.3) is 0 Å². The van der Waals surface area contributed by atoms with Crippen molar-refractivity contribution in [3.8, 4) is 0 Å². The first-order valence-corrected chi connectivity index (χ1v) is 7.39. The highest BCUT2D eigenvalue weighted by Crippen LogP contribution is 2.22. The third kappa shape index (κ3) is 3.45. The highest BCUT2D eigenvalue weighted by atomic mass is 79.9. The average molecular weight is 383 g/mol. The van der Waals surface area contributed by atoms with E-state index in [0.29, 0.717) is 5.56 Å². The van der Waals surface area contributed by atoms with E-state index in [2.05, 4.69) is 37.2 Å². The monoisotopic (exact) mass is 381 g/mol. The summed E-state index contributed by atoms with van der Waals surface area (Å²) in [4.78, 5) is 12.3. The number of nitrogens with one attached hydrogen (secondary N) is 1. The van der Waals surface area contributed by atoms with Gasteiger partial charge in [-0.05, 0) is 55.3 Å². The summed E-state index contributed by atoms with van der Waals surface area (Å²) in [6.45, 7) is 3.91. The van der Waals surface area contributed by atoms with Gasteiger partial charge in [0.15, 0.2) is 0 Å². The second-order valence-electron chi connectivity index (χ2n) is 4.38. The number of hydrogen-bond donors (Lipinski definition) is 1. The molecule has 2 nitrogen and oxygen atoms in total. The Bertz CT molecular complexity index is 618. The average Bonchev–Trinajstić information content (AvgIpc) is 2.31. The van der Waals surface area contributed by atoms with Crippen molar-refractivity contribution in [1.82, 2.24) is 0 Å². The van der Waals surface area contributed by atoms with Crippen LogP contribution in [0.3, 0.4) is 0 Å². The Kier molecular flexibility index (Phi) is 4.42. The van der Waals surface area contributed by atoms with Gasteiger partial charge in [-0.25, -0.2) is 0 Å². The first kappa shape index (κ1) is 14.3. The summed E-state index contributed by atoms with van der Waals surface area (Å²) in [5.41, 5.74) is 3.49. The van der Waals surface area contributed by atoms with Gasteiger partial charge < -0.3 is 5.32 Å². The van der Waals surface area contributed by atoms with Gasteiger partial charge in [-0.3, -0.25) is 4.79 Å². The lowest BCUT2D eigenvalue weighted by Crippen LogP contribution is -2.13. The number of benzene rings is 2. The number of halogens is 2. The number of rotatable bonds is 2. The van der Waals surface area contributed by atoms with Crippen LogP contribution >= 0.6 is 31.9 Å². The molecule has 2 aromatic rings. The topological polar surface area (TPSA) is 29.1 Å². The summed E-state index contributed by atoms with van der Waals surface area (Å²) >= 11 is 6.86. The van der Waals surface area contributed by atoms with Crippen molar-refractivity contribution in [2.75, 3.05) is 5.32 Å². The Morgan fingerprint density at radius 3 is 2.53 bits per heavy atom. The number of anilines is 1. The minimum atomic E-state index is -0.101. The molecule has 0 fully saturated rings. The van der Waals surface area contributed by atoms with E-state index in [0.717, 1.165) is 25.8 Å². The molecular formula is C15H13Br2NO. The fraction of sp³-hybridized carbons (Fsp3) is 0.133. The number of carbonyl (C=O) groups excluding carboxylic acids is 1. The fourth-order valence-electron chi connectivity index (χ4n) is 1.86. The van der Waals surface area contributed by atoms with Crippen LogP contribution in [0, 0.1) is 13.8 Å². The molecule has 0 bridgehead atoms. The van der Waals surface area contributed by atoms with Crippen LogP contribution in [-0.4, -0.2) is 5.91 Å². The molecule has 1 N–H and O–H groups in total. The van der Waals surface area contributed by atoms with E-state index in [9.17, 15) is 4.79 Å². The summed E-state index contributed by atoms with van der Waals surface area (Å²) in [7, 11) is 0. The highest BCUT2D eigenvalue weighted by molar-refractivity contribution is 9.10. The standard InChI is InChI=1S/C15H13Br2NO/c1-9-6-11(16)8-12(7-9)18-15(19)13-4-3-5-14(17)10(13)2/h3-8H,1-2H3,(H,18,19). The molecule has 0 atom stereocenters. The molecule has 19 heavy (non-hydrogen) atoms. The predicted octanol–water partition coefficient (Wildman–Crippen LogP) is 5.08. The van der Waals surface area contributed by atoms with E-state index >= 15 is 0 Å². The maximum absolute atomic E-state index is 12.3. The summed E-state index contributed by atoms with van der Waals surface area (Å²) in [6.07, 6.45) is 0. The van der Waals surface area contributed by atoms with E-state index in [1.165, 1.54) is 0 Å². The Labute approximate surface area is 129 Å². The Morgan fingerprint density at radius 1 is 1.11 bits per heavy atom. The van der Waals surface area contributed by atoms with Gasteiger partial charge in [0, 0.05) is 20.2 Å². The molecule has 0 unspecified atom stereocenters. The van der Waals surface area contributed by atoms with E-state index in [4.69, 9.17) is 0 Å². The third-order valence-corrected chi connectivity index (χ3v) is 4.13. The maximum atomic E-state index is 12.3. The molecule has 0 spiro atoms. The van der Waals surface area contributed by atoms with Gasteiger partial charge in [-0.1, -0.05) is 37.9 Å². The van der Waals surface area contributed by atoms with Crippen LogP contribution < -0.4 is 5.32 Å². The van der Waals surface area contributed by atoms with Crippen LogP contribution in [0.5, 0.6) is 0 Å². The van der Waals surface area contributed by atoms with Crippen molar-refractivity contribution in [1.29, 1.82) is 0 Å². The molecule has 98 valence electrons. The molecule has 4 heteroatoms. The molecule has 1 amide bonds. The summed E-state index contributed by atoms with van der Waals surface area (Å²) in [5, 5.41) is 2.92. The predicted molar refractivity (Wildman–Crippen MR) is 85.7 cm³/mol. The smallest absolute Gasteiger partial charge is 0.255 e. The molecule has 2 aromatic carbocycles. The first-order chi connectivity index (χ1) is 8.97. The molecule has 2 rings (SSSR count). The SMILES string of the molecule is Cc1cc(Br)cc(NC(=O)c2cccc(Br)c2C)c1. The molecule has 0 aliphatic rings. The van der Waals surface area contributed by atoms with E-state index < -0.39 is 0 Å². The van der Waals surface area contributed by atoms with Gasteiger partial charge >= 0.3 is 0 Å². The molecule has 0 saturated heterocycles. The van der Waals surface area contributed by atoms with Gasteiger partial charge in [0.05, 0.1) is 0 Å². The van der Waals surface area contributed by atoms with Gasteiger partial charge in [-0.15, -0.1) is 0 Å². The Morgan fingerprint density at radius 2 is 1.84 bits per heavy atom. The molecular weight excluding hydrogens is 370 g/mol. The van der Waals surface area contributed by atoms with E-state index in [-0.39, 0.29) is 5.91 Å². The Hall–Kier alpha value is -1.13. The zero-order valence-corrected chi connectivity index (χ0v) is 13.8. The van der Waals surface area contributed by atoms with Crippen LogP contribution in [-0.2, 0) is 0 Å². The van der Waals surface area contributed by atoms with Crippen LogP contribution in [0.15, 0.2) is 45.3 Å². The van der Waals surface area contributed by atoms with Gasteiger partial charge in [0.25, 0.3) is 5.91 Å². The minimum Gasteiger partial charge on any atom is -0.322 e. The fourth-order valence-corrected chi connectivity index (χ4v) is 2.83. The normalized spacial score (nSPS) is 10.3. The van der Waals surface area contributed by atoms with Gasteiger partial charge in [0.2, 0.25) is 0 Å². The third-order valence-electron chi connectivity index (χ3n) is 2.81. The molecule has 0 aliphatic carbocycles. The Balaban J connectivity index is 2.28. The van der Waals surface area contributed by atoms with Crippen molar-refractivity contribution < 1.29 is 4.79 Å². The molecule has 0 radical (unpaired) electrons. The number of hydrogen-bond acceptors (Lipinski definition) is 1. The zero-order chi connectivity index (χ0) is 14.0. The molecule has 0 saturated carbocycles. The number of aryl methyl sites for hydroxylation is 1. The highest BCUT2D eigenvalue weighted by Gasteiger charge is 2.11. The van der Waals surface area contributed by atoms with Crippen LogP contribution in [0.1, 0.15) is 21.5 Å².